The Morgan fingerprint density at radius 1 is 1.23 bits per heavy atom. The number of pyridine rings is 2. The molecule has 0 atom stereocenters. The van der Waals surface area contributed by atoms with E-state index in [1.165, 1.54) is 42.9 Å². The molecule has 0 radical (unpaired) electrons. The van der Waals surface area contributed by atoms with Crippen LogP contribution in [0.3, 0.4) is 0 Å². The quantitative estimate of drug-likeness (QED) is 0.461. The number of alkyl halides is 3. The summed E-state index contributed by atoms with van der Waals surface area (Å²) in [6, 6.07) is 7.11. The minimum absolute atomic E-state index is 0.186. The zero-order valence-electron chi connectivity index (χ0n) is 16.0. The van der Waals surface area contributed by atoms with Gasteiger partial charge in [-0.15, -0.1) is 0 Å². The molecular weight excluding hydrogens is 409 g/mol. The third-order valence-electron chi connectivity index (χ3n) is 4.04. The Hall–Kier alpha value is -4.21. The van der Waals surface area contributed by atoms with Crippen LogP contribution in [0, 0.1) is 0 Å². The highest BCUT2D eigenvalue weighted by atomic mass is 19.4. The lowest BCUT2D eigenvalue weighted by Gasteiger charge is -2.09. The summed E-state index contributed by atoms with van der Waals surface area (Å²) in [6.45, 7) is 3.51. The summed E-state index contributed by atoms with van der Waals surface area (Å²) < 4.78 is 40.8. The van der Waals surface area contributed by atoms with Crippen molar-refractivity contribution in [2.45, 2.75) is 6.18 Å². The molecule has 31 heavy (non-hydrogen) atoms. The zero-order chi connectivity index (χ0) is 22.4. The molecule has 3 heterocycles. The number of nitrogens with zero attached hydrogens (tertiary/aromatic N) is 4. The molecular formula is C21H17F3N6O. The van der Waals surface area contributed by atoms with Crippen molar-refractivity contribution in [2.24, 2.45) is 5.73 Å². The van der Waals surface area contributed by atoms with Gasteiger partial charge in [-0.3, -0.25) is 9.78 Å². The van der Waals surface area contributed by atoms with Gasteiger partial charge in [0.2, 0.25) is 0 Å². The van der Waals surface area contributed by atoms with Gasteiger partial charge in [-0.1, -0.05) is 18.7 Å². The number of hydrogen-bond donors (Lipinski definition) is 2. The second-order valence-electron chi connectivity index (χ2n) is 6.14. The van der Waals surface area contributed by atoms with Crippen molar-refractivity contribution in [3.63, 3.8) is 0 Å². The molecule has 0 aromatic carbocycles. The third kappa shape index (κ3) is 5.04. The number of nitrogens with one attached hydrogen (secondary N) is 1. The van der Waals surface area contributed by atoms with Crippen molar-refractivity contribution in [1.29, 1.82) is 0 Å². The predicted octanol–water partition coefficient (Wildman–Crippen LogP) is 3.87. The van der Waals surface area contributed by atoms with Gasteiger partial charge >= 0.3 is 6.18 Å². The first-order valence-electron chi connectivity index (χ1n) is 8.90. The first kappa shape index (κ1) is 21.5. The average molecular weight is 426 g/mol. The molecule has 10 heteroatoms. The van der Waals surface area contributed by atoms with Crippen LogP contribution in [0.5, 0.6) is 0 Å². The lowest BCUT2D eigenvalue weighted by molar-refractivity contribution is -0.141. The lowest BCUT2D eigenvalue weighted by atomic mass is 10.2. The summed E-state index contributed by atoms with van der Waals surface area (Å²) in [6.07, 6.45) is 5.27. The molecule has 7 nitrogen and oxygen atoms in total. The van der Waals surface area contributed by atoms with E-state index in [-0.39, 0.29) is 22.8 Å². The van der Waals surface area contributed by atoms with E-state index in [4.69, 9.17) is 5.73 Å². The third-order valence-corrected chi connectivity index (χ3v) is 4.04. The number of amides is 1. The highest BCUT2D eigenvalue weighted by Crippen LogP contribution is 2.33. The molecule has 0 spiro atoms. The summed E-state index contributed by atoms with van der Waals surface area (Å²) in [7, 11) is 0. The van der Waals surface area contributed by atoms with Gasteiger partial charge < -0.3 is 11.1 Å². The van der Waals surface area contributed by atoms with Crippen molar-refractivity contribution in [2.75, 3.05) is 5.32 Å². The normalized spacial score (nSPS) is 12.2. The fourth-order valence-corrected chi connectivity index (χ4v) is 2.59. The van der Waals surface area contributed by atoms with E-state index >= 15 is 0 Å². The van der Waals surface area contributed by atoms with Crippen LogP contribution < -0.4 is 11.1 Å². The number of halogens is 3. The second-order valence-corrected chi connectivity index (χ2v) is 6.14. The SMILES string of the molecule is C=C/C=C\C(=C/N)C(=O)Nc1ccc(-n2nc(C(F)(F)F)cc2-c2cccnc2)cn1. The monoisotopic (exact) mass is 426 g/mol. The van der Waals surface area contributed by atoms with Crippen molar-refractivity contribution >= 4 is 11.7 Å². The Bertz CT molecular complexity index is 1130. The molecule has 0 aliphatic rings. The van der Waals surface area contributed by atoms with Gasteiger partial charge in [-0.2, -0.15) is 18.3 Å². The van der Waals surface area contributed by atoms with E-state index in [0.29, 0.717) is 5.56 Å². The summed E-state index contributed by atoms with van der Waals surface area (Å²) >= 11 is 0. The Labute approximate surface area is 175 Å². The van der Waals surface area contributed by atoms with Crippen molar-refractivity contribution < 1.29 is 18.0 Å². The van der Waals surface area contributed by atoms with Crippen LogP contribution in [-0.4, -0.2) is 25.7 Å². The highest BCUT2D eigenvalue weighted by molar-refractivity contribution is 6.05. The standard InChI is InChI=1S/C21H17F3N6O/c1-2-3-5-14(11-25)20(31)28-19-8-7-16(13-27-19)30-17(15-6-4-9-26-12-15)10-18(29-30)21(22,23)24/h2-13H,1,25H2,(H,27,28,31)/b5-3-,14-11+. The maximum Gasteiger partial charge on any atom is 0.435 e. The minimum Gasteiger partial charge on any atom is -0.404 e. The summed E-state index contributed by atoms with van der Waals surface area (Å²) in [5.41, 5.74) is 5.50. The number of rotatable bonds is 6. The molecule has 0 aliphatic heterocycles. The summed E-state index contributed by atoms with van der Waals surface area (Å²) in [5, 5.41) is 6.24. The maximum absolute atomic E-state index is 13.2. The van der Waals surface area contributed by atoms with Crippen molar-refractivity contribution in [3.8, 4) is 16.9 Å². The maximum atomic E-state index is 13.2. The van der Waals surface area contributed by atoms with Crippen LogP contribution >= 0.6 is 0 Å². The highest BCUT2D eigenvalue weighted by Gasteiger charge is 2.35. The number of hydrogen-bond acceptors (Lipinski definition) is 5. The van der Waals surface area contributed by atoms with Gasteiger partial charge in [0.1, 0.15) is 5.82 Å². The number of allylic oxidation sites excluding steroid dienone is 2. The molecule has 3 aromatic heterocycles. The lowest BCUT2D eigenvalue weighted by Crippen LogP contribution is -2.15. The van der Waals surface area contributed by atoms with Gasteiger partial charge in [0.05, 0.1) is 23.2 Å². The van der Waals surface area contributed by atoms with Crippen LogP contribution in [0.4, 0.5) is 19.0 Å². The molecule has 3 N–H and O–H groups in total. The Morgan fingerprint density at radius 2 is 2.03 bits per heavy atom. The summed E-state index contributed by atoms with van der Waals surface area (Å²) in [5.74, 6) is -0.318. The molecule has 3 rings (SSSR count). The first-order valence-corrected chi connectivity index (χ1v) is 8.90. The van der Waals surface area contributed by atoms with E-state index in [1.807, 2.05) is 0 Å². The van der Waals surface area contributed by atoms with E-state index in [1.54, 1.807) is 18.2 Å². The zero-order valence-corrected chi connectivity index (χ0v) is 16.0. The van der Waals surface area contributed by atoms with Gasteiger partial charge in [-0.05, 0) is 36.4 Å². The fourth-order valence-electron chi connectivity index (χ4n) is 2.59. The average Bonchev–Trinajstić information content (AvgIpc) is 3.21. The molecule has 0 aliphatic carbocycles. The van der Waals surface area contributed by atoms with Gasteiger partial charge in [0.25, 0.3) is 5.91 Å². The summed E-state index contributed by atoms with van der Waals surface area (Å²) in [4.78, 5) is 20.3. The van der Waals surface area contributed by atoms with Gasteiger partial charge in [-0.25, -0.2) is 9.67 Å². The van der Waals surface area contributed by atoms with Crippen LogP contribution in [0.25, 0.3) is 16.9 Å². The van der Waals surface area contributed by atoms with Crippen LogP contribution in [-0.2, 0) is 11.0 Å². The molecule has 0 unspecified atom stereocenters. The second kappa shape index (κ2) is 9.08. The fraction of sp³-hybridized carbons (Fsp3) is 0.0476. The number of anilines is 1. The van der Waals surface area contributed by atoms with E-state index in [2.05, 4.69) is 27.0 Å². The van der Waals surface area contributed by atoms with E-state index in [0.717, 1.165) is 16.9 Å². The Kier molecular flexibility index (Phi) is 6.29. The van der Waals surface area contributed by atoms with Gasteiger partial charge in [0, 0.05) is 24.2 Å². The molecule has 3 aromatic rings. The van der Waals surface area contributed by atoms with E-state index in [9.17, 15) is 18.0 Å². The topological polar surface area (TPSA) is 98.7 Å². The van der Waals surface area contributed by atoms with Crippen molar-refractivity contribution in [3.05, 3.63) is 91.2 Å². The number of carbonyl (C=O) groups is 1. The largest absolute Gasteiger partial charge is 0.435 e. The Morgan fingerprint density at radius 3 is 2.61 bits per heavy atom. The Balaban J connectivity index is 1.92. The molecule has 0 bridgehead atoms. The van der Waals surface area contributed by atoms with Crippen LogP contribution in [0.2, 0.25) is 0 Å². The van der Waals surface area contributed by atoms with Crippen LogP contribution in [0.1, 0.15) is 5.69 Å². The molecule has 0 fully saturated rings. The van der Waals surface area contributed by atoms with Crippen LogP contribution in [0.15, 0.2) is 85.5 Å². The smallest absolute Gasteiger partial charge is 0.404 e. The molecule has 0 saturated carbocycles. The minimum atomic E-state index is -4.62. The van der Waals surface area contributed by atoms with E-state index < -0.39 is 17.8 Å². The molecule has 158 valence electrons. The van der Waals surface area contributed by atoms with Gasteiger partial charge in [0.15, 0.2) is 5.69 Å². The first-order chi connectivity index (χ1) is 14.8. The number of nitrogens with two attached hydrogens (primary N) is 1. The number of aromatic nitrogens is 4. The van der Waals surface area contributed by atoms with Crippen molar-refractivity contribution in [1.82, 2.24) is 19.7 Å². The molecule has 1 amide bonds. The molecule has 0 saturated heterocycles. The predicted molar refractivity (Wildman–Crippen MR) is 110 cm³/mol. The number of carbonyl (C=O) groups excluding carboxylic acids is 1.